The number of benzene rings is 2. The molecule has 2 rings (SSSR count). The predicted molar refractivity (Wildman–Crippen MR) is 79.9 cm³/mol. The molecule has 102 valence electrons. The normalized spacial score (nSPS) is 10.2. The summed E-state index contributed by atoms with van der Waals surface area (Å²) < 4.78 is 13.6. The summed E-state index contributed by atoms with van der Waals surface area (Å²) in [6.07, 6.45) is 0. The van der Waals surface area contributed by atoms with Crippen molar-refractivity contribution in [2.24, 2.45) is 0 Å². The monoisotopic (exact) mass is 328 g/mol. The van der Waals surface area contributed by atoms with Gasteiger partial charge >= 0.3 is 0 Å². The number of nitriles is 1. The molecular formula is C14H8Cl3FN2. The maximum absolute atomic E-state index is 13.6. The number of anilines is 1. The van der Waals surface area contributed by atoms with Crippen molar-refractivity contribution in [2.45, 2.75) is 6.54 Å². The van der Waals surface area contributed by atoms with Crippen molar-refractivity contribution < 1.29 is 4.39 Å². The van der Waals surface area contributed by atoms with Crippen LogP contribution in [0.4, 0.5) is 10.1 Å². The van der Waals surface area contributed by atoms with E-state index in [9.17, 15) is 4.39 Å². The van der Waals surface area contributed by atoms with E-state index in [1.807, 2.05) is 6.07 Å². The SMILES string of the molecule is N#Cc1ccc(F)c(CNc2cc(Cl)c(Cl)cc2Cl)c1. The number of hydrogen-bond donors (Lipinski definition) is 1. The molecule has 6 heteroatoms. The Balaban J connectivity index is 2.21. The number of halogens is 4. The molecule has 0 saturated heterocycles. The summed E-state index contributed by atoms with van der Waals surface area (Å²) in [4.78, 5) is 0. The van der Waals surface area contributed by atoms with Crippen molar-refractivity contribution in [1.82, 2.24) is 0 Å². The summed E-state index contributed by atoms with van der Waals surface area (Å²) in [7, 11) is 0. The smallest absolute Gasteiger partial charge is 0.128 e. The first-order chi connectivity index (χ1) is 9.51. The first-order valence-corrected chi connectivity index (χ1v) is 6.71. The molecule has 0 unspecified atom stereocenters. The Morgan fingerprint density at radius 3 is 2.45 bits per heavy atom. The van der Waals surface area contributed by atoms with E-state index in [1.165, 1.54) is 24.3 Å². The zero-order valence-electron chi connectivity index (χ0n) is 10.1. The highest BCUT2D eigenvalue weighted by Crippen LogP contribution is 2.32. The third kappa shape index (κ3) is 3.34. The van der Waals surface area contributed by atoms with Gasteiger partial charge < -0.3 is 5.32 Å². The highest BCUT2D eigenvalue weighted by Gasteiger charge is 2.08. The lowest BCUT2D eigenvalue weighted by atomic mass is 10.1. The molecule has 2 nitrogen and oxygen atoms in total. The fraction of sp³-hybridized carbons (Fsp3) is 0.0714. The van der Waals surface area contributed by atoms with Gasteiger partial charge in [-0.2, -0.15) is 5.26 Å². The van der Waals surface area contributed by atoms with Crippen molar-refractivity contribution >= 4 is 40.5 Å². The number of hydrogen-bond acceptors (Lipinski definition) is 2. The summed E-state index contributed by atoms with van der Waals surface area (Å²) in [6, 6.07) is 9.20. The minimum absolute atomic E-state index is 0.180. The molecule has 0 radical (unpaired) electrons. The first kappa shape index (κ1) is 14.9. The third-order valence-electron chi connectivity index (χ3n) is 2.65. The van der Waals surface area contributed by atoms with Crippen LogP contribution in [0, 0.1) is 17.1 Å². The quantitative estimate of drug-likeness (QED) is 0.779. The average Bonchev–Trinajstić information content (AvgIpc) is 2.43. The van der Waals surface area contributed by atoms with Gasteiger partial charge in [-0.15, -0.1) is 0 Å². The van der Waals surface area contributed by atoms with Crippen molar-refractivity contribution in [3.05, 3.63) is 62.3 Å². The Labute approximate surface area is 130 Å². The number of nitrogens with one attached hydrogen (secondary N) is 1. The fourth-order valence-electron chi connectivity index (χ4n) is 1.63. The van der Waals surface area contributed by atoms with Crippen LogP contribution in [0.25, 0.3) is 0 Å². The molecule has 1 N–H and O–H groups in total. The molecule has 0 aliphatic heterocycles. The van der Waals surface area contributed by atoms with Gasteiger partial charge in [0.2, 0.25) is 0 Å². The lowest BCUT2D eigenvalue weighted by molar-refractivity contribution is 0.612. The van der Waals surface area contributed by atoms with Gasteiger partial charge in [0.05, 0.1) is 32.4 Å². The summed E-state index contributed by atoms with van der Waals surface area (Å²) in [5, 5.41) is 12.9. The Kier molecular flexibility index (Phi) is 4.72. The molecule has 2 aromatic rings. The summed E-state index contributed by atoms with van der Waals surface area (Å²) in [5.41, 5.74) is 1.30. The van der Waals surface area contributed by atoms with E-state index >= 15 is 0 Å². The molecule has 0 heterocycles. The van der Waals surface area contributed by atoms with Crippen LogP contribution >= 0.6 is 34.8 Å². The second-order valence-corrected chi connectivity index (χ2v) is 5.24. The van der Waals surface area contributed by atoms with Gasteiger partial charge in [-0.05, 0) is 30.3 Å². The fourth-order valence-corrected chi connectivity index (χ4v) is 2.24. The minimum Gasteiger partial charge on any atom is -0.380 e. The van der Waals surface area contributed by atoms with Gasteiger partial charge in [0.25, 0.3) is 0 Å². The Morgan fingerprint density at radius 2 is 1.75 bits per heavy atom. The zero-order chi connectivity index (χ0) is 14.7. The van der Waals surface area contributed by atoms with E-state index in [0.717, 1.165) is 0 Å². The molecule has 0 aliphatic rings. The van der Waals surface area contributed by atoms with Gasteiger partial charge in [-0.1, -0.05) is 34.8 Å². The standard InChI is InChI=1S/C14H8Cl3FN2/c15-10-4-12(17)14(5-11(10)16)20-7-9-3-8(6-19)1-2-13(9)18/h1-5,20H,7H2. The minimum atomic E-state index is -0.396. The van der Waals surface area contributed by atoms with Crippen LogP contribution in [-0.4, -0.2) is 0 Å². The Hall–Kier alpha value is -1.47. The largest absolute Gasteiger partial charge is 0.380 e. The first-order valence-electron chi connectivity index (χ1n) is 5.58. The number of nitrogens with zero attached hydrogens (tertiary/aromatic N) is 1. The van der Waals surface area contributed by atoms with Crippen molar-refractivity contribution in [2.75, 3.05) is 5.32 Å². The molecular weight excluding hydrogens is 322 g/mol. The van der Waals surface area contributed by atoms with Crippen LogP contribution in [-0.2, 0) is 6.54 Å². The maximum atomic E-state index is 13.6. The van der Waals surface area contributed by atoms with E-state index in [1.54, 1.807) is 6.07 Å². The zero-order valence-corrected chi connectivity index (χ0v) is 12.3. The summed E-state index contributed by atoms with van der Waals surface area (Å²) in [6.45, 7) is 0.180. The van der Waals surface area contributed by atoms with Crippen molar-refractivity contribution in [1.29, 1.82) is 5.26 Å². The van der Waals surface area contributed by atoms with Gasteiger partial charge in [0.1, 0.15) is 5.82 Å². The van der Waals surface area contributed by atoms with Gasteiger partial charge in [-0.25, -0.2) is 4.39 Å². The van der Waals surface area contributed by atoms with E-state index in [-0.39, 0.29) is 6.54 Å². The van der Waals surface area contributed by atoms with Crippen LogP contribution in [0.2, 0.25) is 15.1 Å². The van der Waals surface area contributed by atoms with Crippen molar-refractivity contribution in [3.63, 3.8) is 0 Å². The molecule has 2 aromatic carbocycles. The second-order valence-electron chi connectivity index (χ2n) is 4.02. The predicted octanol–water partition coefficient (Wildman–Crippen LogP) is 5.27. The van der Waals surface area contributed by atoms with Gasteiger partial charge in [0.15, 0.2) is 0 Å². The average molecular weight is 330 g/mol. The molecule has 0 atom stereocenters. The Morgan fingerprint density at radius 1 is 1.05 bits per heavy atom. The summed E-state index contributed by atoms with van der Waals surface area (Å²) >= 11 is 17.7. The van der Waals surface area contributed by atoms with E-state index in [2.05, 4.69) is 5.32 Å². The molecule has 0 fully saturated rings. The van der Waals surface area contributed by atoms with Gasteiger partial charge in [-0.3, -0.25) is 0 Å². The van der Waals surface area contributed by atoms with Gasteiger partial charge in [0, 0.05) is 12.1 Å². The third-order valence-corrected chi connectivity index (χ3v) is 3.69. The lowest BCUT2D eigenvalue weighted by Gasteiger charge is -2.10. The molecule has 0 bridgehead atoms. The molecule has 20 heavy (non-hydrogen) atoms. The summed E-state index contributed by atoms with van der Waals surface area (Å²) in [5.74, 6) is -0.396. The Bertz CT molecular complexity index is 696. The maximum Gasteiger partial charge on any atom is 0.128 e. The molecule has 0 saturated carbocycles. The highest BCUT2D eigenvalue weighted by atomic mass is 35.5. The van der Waals surface area contributed by atoms with E-state index < -0.39 is 5.82 Å². The van der Waals surface area contributed by atoms with Crippen LogP contribution < -0.4 is 5.32 Å². The molecule has 0 aliphatic carbocycles. The van der Waals surface area contributed by atoms with Crippen LogP contribution in [0.3, 0.4) is 0 Å². The number of rotatable bonds is 3. The van der Waals surface area contributed by atoms with Crippen molar-refractivity contribution in [3.8, 4) is 6.07 Å². The lowest BCUT2D eigenvalue weighted by Crippen LogP contribution is -2.03. The van der Waals surface area contributed by atoms with Crippen LogP contribution in [0.1, 0.15) is 11.1 Å². The highest BCUT2D eigenvalue weighted by molar-refractivity contribution is 6.44. The van der Waals surface area contributed by atoms with E-state index in [0.29, 0.717) is 31.9 Å². The van der Waals surface area contributed by atoms with Crippen LogP contribution in [0.15, 0.2) is 30.3 Å². The molecule has 0 amide bonds. The van der Waals surface area contributed by atoms with E-state index in [4.69, 9.17) is 40.1 Å². The molecule has 0 aromatic heterocycles. The second kappa shape index (κ2) is 6.32. The van der Waals surface area contributed by atoms with Crippen LogP contribution in [0.5, 0.6) is 0 Å². The molecule has 0 spiro atoms. The topological polar surface area (TPSA) is 35.8 Å².